The molecule has 1 aliphatic rings. The maximum absolute atomic E-state index is 12.0. The molecule has 1 saturated heterocycles. The Morgan fingerprint density at radius 3 is 2.41 bits per heavy atom. The fourth-order valence-electron chi connectivity index (χ4n) is 2.98. The smallest absolute Gasteiger partial charge is 0.241 e. The van der Waals surface area contributed by atoms with Gasteiger partial charge in [-0.25, -0.2) is 4.98 Å². The van der Waals surface area contributed by atoms with E-state index in [-0.39, 0.29) is 5.91 Å². The molecule has 3 rings (SSSR count). The molecule has 1 aliphatic heterocycles. The number of carbonyl (C=O) groups is 1. The number of benzene rings is 1. The molecule has 1 aromatic carbocycles. The lowest BCUT2D eigenvalue weighted by molar-refractivity contribution is -0.124. The number of thiazole rings is 1. The van der Waals surface area contributed by atoms with Crippen molar-refractivity contribution in [2.75, 3.05) is 26.2 Å². The van der Waals surface area contributed by atoms with E-state index >= 15 is 0 Å². The first-order chi connectivity index (χ1) is 10.6. The maximum atomic E-state index is 12.0. The number of nitrogens with zero attached hydrogens (tertiary/aromatic N) is 3. The number of piperazine rings is 1. The summed E-state index contributed by atoms with van der Waals surface area (Å²) in [6.07, 6.45) is 0. The fraction of sp³-hybridized carbons (Fsp3) is 0.500. The molecule has 6 heteroatoms. The SMILES string of the molecule is CC(C)N1CCN(C(C(N)=O)c2nc3ccccc3s2)CC1. The first-order valence-corrected chi connectivity index (χ1v) is 8.51. The van der Waals surface area contributed by atoms with Gasteiger partial charge in [-0.2, -0.15) is 0 Å². The van der Waals surface area contributed by atoms with E-state index in [0.717, 1.165) is 41.4 Å². The Hall–Kier alpha value is -1.50. The van der Waals surface area contributed by atoms with Crippen molar-refractivity contribution in [1.29, 1.82) is 0 Å². The summed E-state index contributed by atoms with van der Waals surface area (Å²) in [5, 5.41) is 0.812. The second-order valence-corrected chi connectivity index (χ2v) is 7.05. The second-order valence-electron chi connectivity index (χ2n) is 5.99. The number of rotatable bonds is 4. The van der Waals surface area contributed by atoms with Gasteiger partial charge >= 0.3 is 0 Å². The Bertz CT molecular complexity index is 628. The number of aromatic nitrogens is 1. The molecule has 0 saturated carbocycles. The molecular weight excluding hydrogens is 296 g/mol. The van der Waals surface area contributed by atoms with E-state index in [1.54, 1.807) is 11.3 Å². The van der Waals surface area contributed by atoms with E-state index in [1.165, 1.54) is 0 Å². The minimum Gasteiger partial charge on any atom is -0.368 e. The van der Waals surface area contributed by atoms with E-state index < -0.39 is 6.04 Å². The van der Waals surface area contributed by atoms with Crippen LogP contribution in [0.2, 0.25) is 0 Å². The molecule has 1 amide bonds. The van der Waals surface area contributed by atoms with Crippen LogP contribution in [-0.4, -0.2) is 52.9 Å². The van der Waals surface area contributed by atoms with Crippen molar-refractivity contribution in [3.63, 3.8) is 0 Å². The van der Waals surface area contributed by atoms with Crippen molar-refractivity contribution >= 4 is 27.5 Å². The summed E-state index contributed by atoms with van der Waals surface area (Å²) in [7, 11) is 0. The van der Waals surface area contributed by atoms with Crippen LogP contribution in [0.15, 0.2) is 24.3 Å². The molecule has 0 aliphatic carbocycles. The number of primary amides is 1. The monoisotopic (exact) mass is 318 g/mol. The highest BCUT2D eigenvalue weighted by atomic mass is 32.1. The van der Waals surface area contributed by atoms with Crippen molar-refractivity contribution < 1.29 is 4.79 Å². The lowest BCUT2D eigenvalue weighted by atomic mass is 10.2. The Balaban J connectivity index is 1.83. The normalized spacial score (nSPS) is 18.9. The van der Waals surface area contributed by atoms with Crippen LogP contribution in [0.5, 0.6) is 0 Å². The van der Waals surface area contributed by atoms with Crippen LogP contribution in [0.4, 0.5) is 0 Å². The molecule has 0 bridgehead atoms. The highest BCUT2D eigenvalue weighted by Crippen LogP contribution is 2.30. The Morgan fingerprint density at radius 2 is 1.82 bits per heavy atom. The molecule has 22 heavy (non-hydrogen) atoms. The van der Waals surface area contributed by atoms with Gasteiger partial charge in [0.05, 0.1) is 10.2 Å². The molecule has 5 nitrogen and oxygen atoms in total. The summed E-state index contributed by atoms with van der Waals surface area (Å²) in [6, 6.07) is 8.09. The fourth-order valence-corrected chi connectivity index (χ4v) is 4.09. The van der Waals surface area contributed by atoms with Crippen LogP contribution in [0, 0.1) is 0 Å². The third kappa shape index (κ3) is 2.99. The number of hydrogen-bond acceptors (Lipinski definition) is 5. The lowest BCUT2D eigenvalue weighted by Gasteiger charge is -2.39. The highest BCUT2D eigenvalue weighted by molar-refractivity contribution is 7.18. The molecule has 118 valence electrons. The van der Waals surface area contributed by atoms with Gasteiger partial charge in [0, 0.05) is 32.2 Å². The topological polar surface area (TPSA) is 62.5 Å². The average Bonchev–Trinajstić information content (AvgIpc) is 2.90. The highest BCUT2D eigenvalue weighted by Gasteiger charge is 2.31. The van der Waals surface area contributed by atoms with Gasteiger partial charge in [0.25, 0.3) is 0 Å². The summed E-state index contributed by atoms with van der Waals surface area (Å²) in [4.78, 5) is 21.2. The quantitative estimate of drug-likeness (QED) is 0.934. The van der Waals surface area contributed by atoms with Crippen molar-refractivity contribution in [2.24, 2.45) is 5.73 Å². The molecule has 2 heterocycles. The zero-order valence-electron chi connectivity index (χ0n) is 13.0. The molecule has 1 fully saturated rings. The number of amides is 1. The van der Waals surface area contributed by atoms with Crippen molar-refractivity contribution in [3.05, 3.63) is 29.3 Å². The summed E-state index contributed by atoms with van der Waals surface area (Å²) in [5.74, 6) is -0.308. The predicted octanol–water partition coefficient (Wildman–Crippen LogP) is 1.85. The zero-order chi connectivity index (χ0) is 15.7. The second kappa shape index (κ2) is 6.32. The average molecular weight is 318 g/mol. The van der Waals surface area contributed by atoms with Crippen LogP contribution in [0.1, 0.15) is 24.9 Å². The molecular formula is C16H22N4OS. The Kier molecular flexibility index (Phi) is 4.42. The lowest BCUT2D eigenvalue weighted by Crippen LogP contribution is -2.51. The van der Waals surface area contributed by atoms with Crippen LogP contribution < -0.4 is 5.73 Å². The molecule has 0 radical (unpaired) electrons. The Morgan fingerprint density at radius 1 is 1.18 bits per heavy atom. The van der Waals surface area contributed by atoms with Gasteiger partial charge < -0.3 is 5.73 Å². The molecule has 0 spiro atoms. The van der Waals surface area contributed by atoms with Gasteiger partial charge in [-0.15, -0.1) is 11.3 Å². The zero-order valence-corrected chi connectivity index (χ0v) is 13.8. The van der Waals surface area contributed by atoms with Crippen LogP contribution >= 0.6 is 11.3 Å². The van der Waals surface area contributed by atoms with Crippen molar-refractivity contribution in [2.45, 2.75) is 25.9 Å². The Labute approximate surface area is 134 Å². The molecule has 1 atom stereocenters. The van der Waals surface area contributed by atoms with Gasteiger partial charge in [-0.3, -0.25) is 14.6 Å². The van der Waals surface area contributed by atoms with Crippen LogP contribution in [0.25, 0.3) is 10.2 Å². The van der Waals surface area contributed by atoms with Crippen molar-refractivity contribution in [3.8, 4) is 0 Å². The number of carbonyl (C=O) groups excluding carboxylic acids is 1. The first-order valence-electron chi connectivity index (χ1n) is 7.69. The van der Waals surface area contributed by atoms with Gasteiger partial charge in [0.1, 0.15) is 11.0 Å². The summed E-state index contributed by atoms with van der Waals surface area (Å²) >= 11 is 1.57. The van der Waals surface area contributed by atoms with Gasteiger partial charge in [-0.1, -0.05) is 12.1 Å². The number of hydrogen-bond donors (Lipinski definition) is 1. The minimum atomic E-state index is -0.410. The number of nitrogens with two attached hydrogens (primary N) is 1. The molecule has 1 unspecified atom stereocenters. The third-order valence-electron chi connectivity index (χ3n) is 4.26. The van der Waals surface area contributed by atoms with Gasteiger partial charge in [0.15, 0.2) is 0 Å². The van der Waals surface area contributed by atoms with Gasteiger partial charge in [0.2, 0.25) is 5.91 Å². The standard InChI is InChI=1S/C16H22N4OS/c1-11(2)19-7-9-20(10-8-19)14(15(17)21)16-18-12-5-3-4-6-13(12)22-16/h3-6,11,14H,7-10H2,1-2H3,(H2,17,21). The van der Waals surface area contributed by atoms with E-state index in [9.17, 15) is 4.79 Å². The first kappa shape index (κ1) is 15.4. The van der Waals surface area contributed by atoms with E-state index in [1.807, 2.05) is 24.3 Å². The predicted molar refractivity (Wildman–Crippen MR) is 89.8 cm³/mol. The van der Waals surface area contributed by atoms with Gasteiger partial charge in [-0.05, 0) is 26.0 Å². The third-order valence-corrected chi connectivity index (χ3v) is 5.35. The summed E-state index contributed by atoms with van der Waals surface area (Å²) in [5.41, 5.74) is 6.63. The summed E-state index contributed by atoms with van der Waals surface area (Å²) < 4.78 is 1.10. The van der Waals surface area contributed by atoms with Crippen molar-refractivity contribution in [1.82, 2.24) is 14.8 Å². The molecule has 2 N–H and O–H groups in total. The molecule has 2 aromatic rings. The number of fused-ring (bicyclic) bond motifs is 1. The minimum absolute atomic E-state index is 0.308. The molecule has 1 aromatic heterocycles. The van der Waals surface area contributed by atoms with E-state index in [4.69, 9.17) is 5.73 Å². The van der Waals surface area contributed by atoms with E-state index in [2.05, 4.69) is 28.6 Å². The largest absolute Gasteiger partial charge is 0.368 e. The number of para-hydroxylation sites is 1. The van der Waals surface area contributed by atoms with E-state index in [0.29, 0.717) is 6.04 Å². The van der Waals surface area contributed by atoms with Crippen LogP contribution in [-0.2, 0) is 4.79 Å². The summed E-state index contributed by atoms with van der Waals surface area (Å²) in [6.45, 7) is 8.03. The maximum Gasteiger partial charge on any atom is 0.241 e. The van der Waals surface area contributed by atoms with Crippen LogP contribution in [0.3, 0.4) is 0 Å².